The Kier molecular flexibility index (Phi) is 5.80. The van der Waals surface area contributed by atoms with Gasteiger partial charge in [0.05, 0.1) is 0 Å². The summed E-state index contributed by atoms with van der Waals surface area (Å²) >= 11 is 0. The van der Waals surface area contributed by atoms with E-state index in [-0.39, 0.29) is 11.9 Å². The number of benzene rings is 1. The predicted molar refractivity (Wildman–Crippen MR) is 88.0 cm³/mol. The van der Waals surface area contributed by atoms with Crippen LogP contribution in [0.5, 0.6) is 0 Å². The molecule has 21 heavy (non-hydrogen) atoms. The Bertz CT molecular complexity index is 446. The molecule has 1 fully saturated rings. The molecular weight excluding hydrogens is 261 g/mol. The average Bonchev–Trinajstić information content (AvgIpc) is 2.41. The van der Waals surface area contributed by atoms with Crippen LogP contribution in [0.4, 0.5) is 4.39 Å². The minimum absolute atomic E-state index is 0.0284. The van der Waals surface area contributed by atoms with E-state index in [1.165, 1.54) is 25.7 Å². The second-order valence-corrected chi connectivity index (χ2v) is 6.94. The van der Waals surface area contributed by atoms with Crippen molar-refractivity contribution in [1.82, 2.24) is 5.32 Å². The van der Waals surface area contributed by atoms with Gasteiger partial charge in [-0.2, -0.15) is 0 Å². The molecule has 1 aliphatic rings. The summed E-state index contributed by atoms with van der Waals surface area (Å²) in [7, 11) is 0. The van der Waals surface area contributed by atoms with Crippen LogP contribution >= 0.6 is 0 Å². The lowest BCUT2D eigenvalue weighted by Crippen LogP contribution is -2.33. The highest BCUT2D eigenvalue weighted by Gasteiger charge is 2.30. The van der Waals surface area contributed by atoms with Gasteiger partial charge in [0, 0.05) is 11.6 Å². The number of hydrogen-bond donors (Lipinski definition) is 1. The zero-order valence-electron chi connectivity index (χ0n) is 14.0. The summed E-state index contributed by atoms with van der Waals surface area (Å²) in [6, 6.07) is 3.98. The van der Waals surface area contributed by atoms with Gasteiger partial charge in [0.25, 0.3) is 0 Å². The molecule has 1 nitrogen and oxygen atoms in total. The van der Waals surface area contributed by atoms with E-state index in [1.807, 2.05) is 6.92 Å². The summed E-state index contributed by atoms with van der Waals surface area (Å²) in [5, 5.41) is 3.64. The fourth-order valence-electron chi connectivity index (χ4n) is 3.91. The molecule has 3 atom stereocenters. The maximum absolute atomic E-state index is 14.6. The van der Waals surface area contributed by atoms with Crippen molar-refractivity contribution in [2.24, 2.45) is 11.8 Å². The Morgan fingerprint density at radius 1 is 1.29 bits per heavy atom. The van der Waals surface area contributed by atoms with E-state index < -0.39 is 0 Å². The number of aryl methyl sites for hydroxylation is 2. The molecule has 0 spiro atoms. The summed E-state index contributed by atoms with van der Waals surface area (Å²) in [5.41, 5.74) is 3.02. The van der Waals surface area contributed by atoms with Crippen LogP contribution in [0.1, 0.15) is 68.7 Å². The SMILES string of the molecule is CCCNC(c1c(C)cc(C)cc1F)C1CCCC(C)C1. The van der Waals surface area contributed by atoms with Crippen molar-refractivity contribution >= 4 is 0 Å². The Labute approximate surface area is 129 Å². The van der Waals surface area contributed by atoms with Crippen LogP contribution in [0.25, 0.3) is 0 Å². The highest BCUT2D eigenvalue weighted by molar-refractivity contribution is 5.35. The van der Waals surface area contributed by atoms with Gasteiger partial charge in [-0.1, -0.05) is 32.8 Å². The first-order chi connectivity index (χ1) is 10.0. The van der Waals surface area contributed by atoms with Crippen molar-refractivity contribution < 1.29 is 4.39 Å². The normalized spacial score (nSPS) is 24.0. The lowest BCUT2D eigenvalue weighted by Gasteiger charge is -2.35. The molecule has 0 aromatic heterocycles. The average molecular weight is 291 g/mol. The van der Waals surface area contributed by atoms with Crippen LogP contribution in [0.15, 0.2) is 12.1 Å². The summed E-state index contributed by atoms with van der Waals surface area (Å²) in [6.07, 6.45) is 6.13. The fourth-order valence-corrected chi connectivity index (χ4v) is 3.91. The molecule has 1 aliphatic carbocycles. The zero-order chi connectivity index (χ0) is 15.4. The highest BCUT2D eigenvalue weighted by Crippen LogP contribution is 2.39. The molecule has 3 unspecified atom stereocenters. The van der Waals surface area contributed by atoms with Gasteiger partial charge in [0.15, 0.2) is 0 Å². The molecule has 0 bridgehead atoms. The first kappa shape index (κ1) is 16.5. The molecule has 1 aromatic carbocycles. The lowest BCUT2D eigenvalue weighted by atomic mass is 9.75. The van der Waals surface area contributed by atoms with Gasteiger partial charge >= 0.3 is 0 Å². The topological polar surface area (TPSA) is 12.0 Å². The monoisotopic (exact) mass is 291 g/mol. The van der Waals surface area contributed by atoms with E-state index in [0.29, 0.717) is 5.92 Å². The van der Waals surface area contributed by atoms with Crippen molar-refractivity contribution in [3.63, 3.8) is 0 Å². The van der Waals surface area contributed by atoms with Gasteiger partial charge in [-0.15, -0.1) is 0 Å². The van der Waals surface area contributed by atoms with Crippen molar-refractivity contribution in [2.75, 3.05) is 6.54 Å². The summed E-state index contributed by atoms with van der Waals surface area (Å²) in [5.74, 6) is 1.30. The minimum Gasteiger partial charge on any atom is -0.310 e. The number of rotatable bonds is 5. The van der Waals surface area contributed by atoms with Crippen LogP contribution in [0.2, 0.25) is 0 Å². The Balaban J connectivity index is 2.31. The van der Waals surface area contributed by atoms with E-state index in [2.05, 4.69) is 32.2 Å². The number of halogens is 1. The third-order valence-corrected chi connectivity index (χ3v) is 4.85. The smallest absolute Gasteiger partial charge is 0.128 e. The summed E-state index contributed by atoms with van der Waals surface area (Å²) in [6.45, 7) is 9.49. The first-order valence-electron chi connectivity index (χ1n) is 8.53. The Morgan fingerprint density at radius 3 is 2.67 bits per heavy atom. The molecule has 0 saturated heterocycles. The Morgan fingerprint density at radius 2 is 2.05 bits per heavy atom. The third-order valence-electron chi connectivity index (χ3n) is 4.85. The van der Waals surface area contributed by atoms with Gasteiger partial charge in [-0.3, -0.25) is 0 Å². The first-order valence-corrected chi connectivity index (χ1v) is 8.53. The zero-order valence-corrected chi connectivity index (χ0v) is 14.0. The van der Waals surface area contributed by atoms with Crippen LogP contribution < -0.4 is 5.32 Å². The highest BCUT2D eigenvalue weighted by atomic mass is 19.1. The predicted octanol–water partition coefficient (Wildman–Crippen LogP) is 5.31. The lowest BCUT2D eigenvalue weighted by molar-refractivity contribution is 0.220. The molecular formula is C19H30FN. The molecule has 2 heteroatoms. The van der Waals surface area contributed by atoms with Crippen molar-refractivity contribution in [3.8, 4) is 0 Å². The van der Waals surface area contributed by atoms with Crippen LogP contribution in [0, 0.1) is 31.5 Å². The van der Waals surface area contributed by atoms with Gasteiger partial charge in [-0.25, -0.2) is 4.39 Å². The minimum atomic E-state index is -0.0284. The fraction of sp³-hybridized carbons (Fsp3) is 0.684. The molecule has 1 aromatic rings. The van der Waals surface area contributed by atoms with E-state index >= 15 is 0 Å². The maximum Gasteiger partial charge on any atom is 0.128 e. The van der Waals surface area contributed by atoms with E-state index in [0.717, 1.165) is 35.6 Å². The largest absolute Gasteiger partial charge is 0.310 e. The van der Waals surface area contributed by atoms with Gasteiger partial charge < -0.3 is 5.32 Å². The molecule has 1 saturated carbocycles. The van der Waals surface area contributed by atoms with E-state index in [1.54, 1.807) is 6.07 Å². The Hall–Kier alpha value is -0.890. The van der Waals surface area contributed by atoms with Crippen LogP contribution in [-0.4, -0.2) is 6.54 Å². The second-order valence-electron chi connectivity index (χ2n) is 6.94. The van der Waals surface area contributed by atoms with E-state index in [4.69, 9.17) is 0 Å². The molecule has 1 N–H and O–H groups in total. The summed E-state index contributed by atoms with van der Waals surface area (Å²) in [4.78, 5) is 0. The van der Waals surface area contributed by atoms with Gasteiger partial charge in [-0.05, 0) is 68.7 Å². The molecule has 0 radical (unpaired) electrons. The molecule has 0 aliphatic heterocycles. The van der Waals surface area contributed by atoms with Crippen molar-refractivity contribution in [1.29, 1.82) is 0 Å². The van der Waals surface area contributed by atoms with Gasteiger partial charge in [0.2, 0.25) is 0 Å². The van der Waals surface area contributed by atoms with Crippen LogP contribution in [-0.2, 0) is 0 Å². The van der Waals surface area contributed by atoms with E-state index in [9.17, 15) is 4.39 Å². The number of hydrogen-bond acceptors (Lipinski definition) is 1. The molecule has 0 heterocycles. The quantitative estimate of drug-likeness (QED) is 0.775. The molecule has 2 rings (SSSR count). The van der Waals surface area contributed by atoms with Gasteiger partial charge in [0.1, 0.15) is 5.82 Å². The summed E-state index contributed by atoms with van der Waals surface area (Å²) < 4.78 is 14.6. The van der Waals surface area contributed by atoms with Crippen molar-refractivity contribution in [3.05, 3.63) is 34.6 Å². The van der Waals surface area contributed by atoms with Crippen molar-refractivity contribution in [2.45, 2.75) is 65.8 Å². The number of nitrogens with one attached hydrogen (secondary N) is 1. The molecule has 0 amide bonds. The van der Waals surface area contributed by atoms with Crippen LogP contribution in [0.3, 0.4) is 0 Å². The standard InChI is InChI=1S/C19H30FN/c1-5-9-21-19(16-8-6-7-13(2)11-16)18-15(4)10-14(3)12-17(18)20/h10,12-13,16,19,21H,5-9,11H2,1-4H3. The second kappa shape index (κ2) is 7.40. The maximum atomic E-state index is 14.6. The third kappa shape index (κ3) is 4.06. The molecule has 118 valence electrons.